The minimum Gasteiger partial charge on any atom is -0.313 e. The van der Waals surface area contributed by atoms with Gasteiger partial charge in [0, 0.05) is 6.54 Å². The first-order valence-corrected chi connectivity index (χ1v) is 6.52. The Kier molecular flexibility index (Phi) is 4.00. The van der Waals surface area contributed by atoms with Gasteiger partial charge in [-0.2, -0.15) is 0 Å². The van der Waals surface area contributed by atoms with E-state index in [0.717, 1.165) is 12.5 Å². The molecular formula is C15H23N. The van der Waals surface area contributed by atoms with Crippen LogP contribution in [0, 0.1) is 19.8 Å². The molecular weight excluding hydrogens is 194 g/mol. The van der Waals surface area contributed by atoms with E-state index in [1.807, 2.05) is 0 Å². The zero-order valence-electron chi connectivity index (χ0n) is 10.6. The van der Waals surface area contributed by atoms with Gasteiger partial charge in [0.15, 0.2) is 0 Å². The molecule has 1 saturated carbocycles. The molecule has 1 aliphatic rings. The van der Waals surface area contributed by atoms with E-state index in [4.69, 9.17) is 0 Å². The highest BCUT2D eigenvalue weighted by Crippen LogP contribution is 2.28. The first-order valence-electron chi connectivity index (χ1n) is 6.52. The molecule has 0 spiro atoms. The molecule has 0 aliphatic heterocycles. The zero-order chi connectivity index (χ0) is 11.4. The van der Waals surface area contributed by atoms with Crippen LogP contribution in [0.3, 0.4) is 0 Å². The van der Waals surface area contributed by atoms with Gasteiger partial charge in [-0.3, -0.25) is 0 Å². The highest BCUT2D eigenvalue weighted by molar-refractivity contribution is 5.28. The topological polar surface area (TPSA) is 12.0 Å². The van der Waals surface area contributed by atoms with E-state index < -0.39 is 0 Å². The Balaban J connectivity index is 1.71. The largest absolute Gasteiger partial charge is 0.313 e. The summed E-state index contributed by atoms with van der Waals surface area (Å²) in [5.74, 6) is 1.02. The van der Waals surface area contributed by atoms with E-state index in [1.165, 1.54) is 48.9 Å². The maximum atomic E-state index is 3.56. The van der Waals surface area contributed by atoms with Crippen LogP contribution in [0.25, 0.3) is 0 Å². The normalized spacial score (nSPS) is 16.1. The Morgan fingerprint density at radius 3 is 2.38 bits per heavy atom. The summed E-state index contributed by atoms with van der Waals surface area (Å²) in [5, 5.41) is 3.56. The summed E-state index contributed by atoms with van der Waals surface area (Å²) in [6.07, 6.45) is 5.75. The lowest BCUT2D eigenvalue weighted by molar-refractivity contribution is 0.292. The fourth-order valence-electron chi connectivity index (χ4n) is 2.49. The van der Waals surface area contributed by atoms with Gasteiger partial charge < -0.3 is 5.32 Å². The molecule has 0 atom stereocenters. The molecule has 0 saturated heterocycles. The molecule has 1 fully saturated rings. The summed E-state index contributed by atoms with van der Waals surface area (Å²) in [5.41, 5.74) is 4.16. The molecule has 0 unspecified atom stereocenters. The van der Waals surface area contributed by atoms with Crippen molar-refractivity contribution in [3.05, 3.63) is 34.9 Å². The standard InChI is InChI=1S/C15H23N/c1-12-8-13(2)10-15(9-12)11-16-7-6-14-4-3-5-14/h8-10,14,16H,3-7,11H2,1-2H3. The van der Waals surface area contributed by atoms with Crippen LogP contribution < -0.4 is 5.32 Å². The molecule has 0 aromatic heterocycles. The second-order valence-corrected chi connectivity index (χ2v) is 5.26. The summed E-state index contributed by atoms with van der Waals surface area (Å²) in [6, 6.07) is 6.80. The van der Waals surface area contributed by atoms with Crippen molar-refractivity contribution in [1.29, 1.82) is 0 Å². The van der Waals surface area contributed by atoms with Gasteiger partial charge in [0.1, 0.15) is 0 Å². The van der Waals surface area contributed by atoms with Gasteiger partial charge in [-0.05, 0) is 38.3 Å². The maximum absolute atomic E-state index is 3.56. The quantitative estimate of drug-likeness (QED) is 0.743. The van der Waals surface area contributed by atoms with E-state index in [0.29, 0.717) is 0 Å². The average molecular weight is 217 g/mol. The van der Waals surface area contributed by atoms with Gasteiger partial charge in [0.05, 0.1) is 0 Å². The summed E-state index contributed by atoms with van der Waals surface area (Å²) in [6.45, 7) is 6.54. The Hall–Kier alpha value is -0.820. The number of hydrogen-bond donors (Lipinski definition) is 1. The highest BCUT2D eigenvalue weighted by Gasteiger charge is 2.15. The number of hydrogen-bond acceptors (Lipinski definition) is 1. The van der Waals surface area contributed by atoms with Gasteiger partial charge in [-0.25, -0.2) is 0 Å². The van der Waals surface area contributed by atoms with E-state index in [2.05, 4.69) is 37.4 Å². The van der Waals surface area contributed by atoms with Gasteiger partial charge >= 0.3 is 0 Å². The van der Waals surface area contributed by atoms with Gasteiger partial charge in [-0.1, -0.05) is 48.6 Å². The molecule has 0 radical (unpaired) electrons. The lowest BCUT2D eigenvalue weighted by Gasteiger charge is -2.25. The first-order chi connectivity index (χ1) is 7.74. The molecule has 1 nitrogen and oxygen atoms in total. The Bertz CT molecular complexity index is 319. The Morgan fingerprint density at radius 1 is 1.12 bits per heavy atom. The Labute approximate surface area is 99.3 Å². The van der Waals surface area contributed by atoms with Crippen LogP contribution in [0.4, 0.5) is 0 Å². The van der Waals surface area contributed by atoms with Crippen LogP contribution in [-0.2, 0) is 6.54 Å². The Morgan fingerprint density at radius 2 is 1.81 bits per heavy atom. The molecule has 16 heavy (non-hydrogen) atoms. The third-order valence-electron chi connectivity index (χ3n) is 3.56. The molecule has 2 rings (SSSR count). The second-order valence-electron chi connectivity index (χ2n) is 5.26. The van der Waals surface area contributed by atoms with Crippen LogP contribution in [0.2, 0.25) is 0 Å². The smallest absolute Gasteiger partial charge is 0.0205 e. The maximum Gasteiger partial charge on any atom is 0.0205 e. The summed E-state index contributed by atoms with van der Waals surface area (Å²) in [7, 11) is 0. The predicted octanol–water partition coefficient (Wildman–Crippen LogP) is 3.58. The molecule has 0 heterocycles. The third kappa shape index (κ3) is 3.34. The number of rotatable bonds is 5. The lowest BCUT2D eigenvalue weighted by atomic mass is 9.83. The average Bonchev–Trinajstić information content (AvgIpc) is 2.13. The molecule has 1 aromatic rings. The molecule has 0 bridgehead atoms. The molecule has 1 heteroatoms. The van der Waals surface area contributed by atoms with Crippen molar-refractivity contribution in [2.24, 2.45) is 5.92 Å². The molecule has 0 amide bonds. The van der Waals surface area contributed by atoms with Crippen LogP contribution in [0.1, 0.15) is 42.4 Å². The second kappa shape index (κ2) is 5.49. The minimum atomic E-state index is 1.02. The lowest BCUT2D eigenvalue weighted by Crippen LogP contribution is -2.21. The fourth-order valence-corrected chi connectivity index (χ4v) is 2.49. The van der Waals surface area contributed by atoms with Gasteiger partial charge in [-0.15, -0.1) is 0 Å². The number of benzene rings is 1. The van der Waals surface area contributed by atoms with E-state index >= 15 is 0 Å². The van der Waals surface area contributed by atoms with Crippen molar-refractivity contribution in [1.82, 2.24) is 5.32 Å². The van der Waals surface area contributed by atoms with Crippen molar-refractivity contribution < 1.29 is 0 Å². The fraction of sp³-hybridized carbons (Fsp3) is 0.600. The van der Waals surface area contributed by atoms with Crippen molar-refractivity contribution in [2.75, 3.05) is 6.54 Å². The first kappa shape index (κ1) is 11.7. The van der Waals surface area contributed by atoms with Crippen LogP contribution in [-0.4, -0.2) is 6.54 Å². The molecule has 1 aromatic carbocycles. The van der Waals surface area contributed by atoms with Crippen molar-refractivity contribution in [3.63, 3.8) is 0 Å². The summed E-state index contributed by atoms with van der Waals surface area (Å²) in [4.78, 5) is 0. The molecule has 1 aliphatic carbocycles. The summed E-state index contributed by atoms with van der Waals surface area (Å²) >= 11 is 0. The number of nitrogens with one attached hydrogen (secondary N) is 1. The SMILES string of the molecule is Cc1cc(C)cc(CNCCC2CCC2)c1. The van der Waals surface area contributed by atoms with Crippen LogP contribution >= 0.6 is 0 Å². The van der Waals surface area contributed by atoms with E-state index in [9.17, 15) is 0 Å². The zero-order valence-corrected chi connectivity index (χ0v) is 10.6. The van der Waals surface area contributed by atoms with E-state index in [-0.39, 0.29) is 0 Å². The number of aryl methyl sites for hydroxylation is 2. The van der Waals surface area contributed by atoms with Crippen molar-refractivity contribution in [2.45, 2.75) is 46.1 Å². The molecule has 1 N–H and O–H groups in total. The monoisotopic (exact) mass is 217 g/mol. The predicted molar refractivity (Wildman–Crippen MR) is 69.6 cm³/mol. The minimum absolute atomic E-state index is 1.02. The van der Waals surface area contributed by atoms with Gasteiger partial charge in [0.2, 0.25) is 0 Å². The highest BCUT2D eigenvalue weighted by atomic mass is 14.8. The van der Waals surface area contributed by atoms with Crippen LogP contribution in [0.15, 0.2) is 18.2 Å². The van der Waals surface area contributed by atoms with Crippen molar-refractivity contribution >= 4 is 0 Å². The third-order valence-corrected chi connectivity index (χ3v) is 3.56. The summed E-state index contributed by atoms with van der Waals surface area (Å²) < 4.78 is 0. The van der Waals surface area contributed by atoms with Gasteiger partial charge in [0.25, 0.3) is 0 Å². The van der Waals surface area contributed by atoms with Crippen molar-refractivity contribution in [3.8, 4) is 0 Å². The van der Waals surface area contributed by atoms with Crippen LogP contribution in [0.5, 0.6) is 0 Å². The molecule has 88 valence electrons. The van der Waals surface area contributed by atoms with E-state index in [1.54, 1.807) is 0 Å².